The largest absolute Gasteiger partial charge is 0.388 e. The van der Waals surface area contributed by atoms with Crippen LogP contribution in [0.5, 0.6) is 0 Å². The summed E-state index contributed by atoms with van der Waals surface area (Å²) in [5.74, 6) is -0.265. The van der Waals surface area contributed by atoms with Crippen molar-refractivity contribution in [3.63, 3.8) is 0 Å². The summed E-state index contributed by atoms with van der Waals surface area (Å²) >= 11 is 0. The molecule has 0 spiro atoms. The monoisotopic (exact) mass is 183 g/mol. The lowest BCUT2D eigenvalue weighted by Gasteiger charge is -2.11. The van der Waals surface area contributed by atoms with Crippen LogP contribution in [0.25, 0.3) is 0 Å². The van der Waals surface area contributed by atoms with Crippen LogP contribution in [0.2, 0.25) is 0 Å². The molecule has 0 aromatic heterocycles. The van der Waals surface area contributed by atoms with Crippen molar-refractivity contribution in [2.45, 2.75) is 0 Å². The Hall–Kier alpha value is -1.45. The van der Waals surface area contributed by atoms with Crippen LogP contribution in [0.3, 0.4) is 0 Å². The van der Waals surface area contributed by atoms with Gasteiger partial charge in [0.1, 0.15) is 5.82 Å². The Bertz CT molecular complexity index is 299. The Kier molecular flexibility index (Phi) is 2.95. The van der Waals surface area contributed by atoms with E-state index in [9.17, 15) is 4.39 Å². The lowest BCUT2D eigenvalue weighted by atomic mass is 10.2. The van der Waals surface area contributed by atoms with E-state index in [4.69, 9.17) is 0 Å². The van der Waals surface area contributed by atoms with E-state index in [1.807, 2.05) is 6.07 Å². The lowest BCUT2D eigenvalue weighted by molar-refractivity contribution is 0.632. The first-order chi connectivity index (χ1) is 6.22. The predicted octanol–water partition coefficient (Wildman–Crippen LogP) is 1.95. The zero-order valence-corrected chi connectivity index (χ0v) is 8.03. The first kappa shape index (κ1) is 9.64. The van der Waals surface area contributed by atoms with Gasteiger partial charge in [0.2, 0.25) is 0 Å². The second kappa shape index (κ2) is 3.98. The second-order valence-electron chi connectivity index (χ2n) is 2.63. The van der Waals surface area contributed by atoms with Crippen molar-refractivity contribution < 1.29 is 4.39 Å². The van der Waals surface area contributed by atoms with E-state index < -0.39 is 0 Å². The van der Waals surface area contributed by atoms with Gasteiger partial charge in [-0.2, -0.15) is 0 Å². The van der Waals surface area contributed by atoms with E-state index in [0.717, 1.165) is 11.4 Å². The maximum Gasteiger partial charge on any atom is 0.150 e. The highest BCUT2D eigenvalue weighted by Crippen LogP contribution is 2.28. The van der Waals surface area contributed by atoms with Crippen molar-refractivity contribution in [2.24, 2.45) is 0 Å². The van der Waals surface area contributed by atoms with Gasteiger partial charge in [0, 0.05) is 26.8 Å². The topological polar surface area (TPSA) is 36.1 Å². The molecule has 0 aliphatic carbocycles. The molecule has 72 valence electrons. The quantitative estimate of drug-likeness (QED) is 0.670. The molecule has 0 radical (unpaired) electrons. The number of hydrogen-bond donors (Lipinski definition) is 3. The zero-order valence-electron chi connectivity index (χ0n) is 8.03. The minimum absolute atomic E-state index is 0.265. The van der Waals surface area contributed by atoms with Crippen molar-refractivity contribution in [3.05, 3.63) is 17.9 Å². The smallest absolute Gasteiger partial charge is 0.150 e. The van der Waals surface area contributed by atoms with Gasteiger partial charge in [0.05, 0.1) is 11.4 Å². The van der Waals surface area contributed by atoms with Crippen molar-refractivity contribution in [1.29, 1.82) is 0 Å². The highest BCUT2D eigenvalue weighted by atomic mass is 19.1. The van der Waals surface area contributed by atoms with Crippen LogP contribution in [-0.2, 0) is 0 Å². The molecule has 1 rings (SSSR count). The number of rotatable bonds is 3. The van der Waals surface area contributed by atoms with E-state index in [-0.39, 0.29) is 5.82 Å². The van der Waals surface area contributed by atoms with Crippen molar-refractivity contribution >= 4 is 17.1 Å². The molecule has 1 aromatic carbocycles. The van der Waals surface area contributed by atoms with Crippen LogP contribution in [0.4, 0.5) is 21.5 Å². The average molecular weight is 183 g/mol. The molecular formula is C9H14FN3. The molecule has 4 heteroatoms. The van der Waals surface area contributed by atoms with Crippen molar-refractivity contribution in [2.75, 3.05) is 37.1 Å². The third kappa shape index (κ3) is 1.83. The van der Waals surface area contributed by atoms with Gasteiger partial charge in [-0.15, -0.1) is 0 Å². The molecule has 0 fully saturated rings. The predicted molar refractivity (Wildman–Crippen MR) is 55.0 cm³/mol. The highest BCUT2D eigenvalue weighted by Gasteiger charge is 2.07. The molecule has 0 bridgehead atoms. The molecule has 0 aliphatic rings. The minimum atomic E-state index is -0.265. The van der Waals surface area contributed by atoms with Crippen molar-refractivity contribution in [1.82, 2.24) is 0 Å². The molecule has 0 amide bonds. The van der Waals surface area contributed by atoms with E-state index >= 15 is 0 Å². The standard InChI is InChI=1S/C9H14FN3/c1-11-6-4-7(10)9(13-3)8(5-6)12-2/h4-5,11-13H,1-3H3. The number of halogens is 1. The van der Waals surface area contributed by atoms with E-state index in [0.29, 0.717) is 5.69 Å². The maximum absolute atomic E-state index is 13.3. The van der Waals surface area contributed by atoms with Gasteiger partial charge in [-0.25, -0.2) is 4.39 Å². The SMILES string of the molecule is CNc1cc(F)c(NC)c(NC)c1. The summed E-state index contributed by atoms with van der Waals surface area (Å²) in [5, 5.41) is 8.61. The van der Waals surface area contributed by atoms with Gasteiger partial charge in [-0.1, -0.05) is 0 Å². The van der Waals surface area contributed by atoms with Gasteiger partial charge >= 0.3 is 0 Å². The molecule has 1 aromatic rings. The molecule has 0 atom stereocenters. The summed E-state index contributed by atoms with van der Waals surface area (Å²) in [6.45, 7) is 0. The molecule has 0 unspecified atom stereocenters. The Labute approximate surface area is 77.3 Å². The number of nitrogens with one attached hydrogen (secondary N) is 3. The van der Waals surface area contributed by atoms with Crippen molar-refractivity contribution in [3.8, 4) is 0 Å². The fourth-order valence-corrected chi connectivity index (χ4v) is 1.20. The van der Waals surface area contributed by atoms with Gasteiger partial charge in [-0.3, -0.25) is 0 Å². The van der Waals surface area contributed by atoms with Crippen LogP contribution in [-0.4, -0.2) is 21.1 Å². The van der Waals surface area contributed by atoms with Crippen LogP contribution >= 0.6 is 0 Å². The normalized spacial score (nSPS) is 9.54. The molecule has 0 heterocycles. The van der Waals surface area contributed by atoms with Gasteiger partial charge in [0.25, 0.3) is 0 Å². The molecule has 3 N–H and O–H groups in total. The summed E-state index contributed by atoms with van der Waals surface area (Å²) in [6, 6.07) is 3.29. The highest BCUT2D eigenvalue weighted by molar-refractivity contribution is 5.74. The number of benzene rings is 1. The summed E-state index contributed by atoms with van der Waals surface area (Å²) in [4.78, 5) is 0. The molecule has 13 heavy (non-hydrogen) atoms. The molecule has 3 nitrogen and oxygen atoms in total. The Morgan fingerprint density at radius 1 is 1.00 bits per heavy atom. The number of anilines is 3. The zero-order chi connectivity index (χ0) is 9.84. The first-order valence-electron chi connectivity index (χ1n) is 4.09. The van der Waals surface area contributed by atoms with E-state index in [1.165, 1.54) is 6.07 Å². The molecular weight excluding hydrogens is 169 g/mol. The molecule has 0 saturated heterocycles. The fourth-order valence-electron chi connectivity index (χ4n) is 1.20. The second-order valence-corrected chi connectivity index (χ2v) is 2.63. The van der Waals surface area contributed by atoms with Gasteiger partial charge in [0.15, 0.2) is 0 Å². The fraction of sp³-hybridized carbons (Fsp3) is 0.333. The number of hydrogen-bond acceptors (Lipinski definition) is 3. The Morgan fingerprint density at radius 3 is 2.15 bits per heavy atom. The molecule has 0 aliphatic heterocycles. The van der Waals surface area contributed by atoms with Crippen LogP contribution in [0.15, 0.2) is 12.1 Å². The third-order valence-electron chi connectivity index (χ3n) is 1.90. The van der Waals surface area contributed by atoms with Crippen LogP contribution in [0, 0.1) is 5.82 Å². The van der Waals surface area contributed by atoms with E-state index in [2.05, 4.69) is 16.0 Å². The minimum Gasteiger partial charge on any atom is -0.388 e. The van der Waals surface area contributed by atoms with Gasteiger partial charge < -0.3 is 16.0 Å². The molecule has 0 saturated carbocycles. The average Bonchev–Trinajstić information content (AvgIpc) is 2.16. The van der Waals surface area contributed by atoms with Gasteiger partial charge in [-0.05, 0) is 12.1 Å². The summed E-state index contributed by atoms with van der Waals surface area (Å²) < 4.78 is 13.3. The Balaban J connectivity index is 3.20. The van der Waals surface area contributed by atoms with Crippen LogP contribution in [0.1, 0.15) is 0 Å². The maximum atomic E-state index is 13.3. The van der Waals surface area contributed by atoms with Crippen LogP contribution < -0.4 is 16.0 Å². The lowest BCUT2D eigenvalue weighted by Crippen LogP contribution is -2.01. The third-order valence-corrected chi connectivity index (χ3v) is 1.90. The summed E-state index contributed by atoms with van der Waals surface area (Å²) in [6.07, 6.45) is 0. The Morgan fingerprint density at radius 2 is 1.69 bits per heavy atom. The summed E-state index contributed by atoms with van der Waals surface area (Å²) in [5.41, 5.74) is 1.98. The van der Waals surface area contributed by atoms with E-state index in [1.54, 1.807) is 21.1 Å². The first-order valence-corrected chi connectivity index (χ1v) is 4.09. The summed E-state index contributed by atoms with van der Waals surface area (Å²) in [7, 11) is 5.21.